The van der Waals surface area contributed by atoms with Crippen LogP contribution < -0.4 is 0 Å². The van der Waals surface area contributed by atoms with Crippen LogP contribution in [0.1, 0.15) is 62.6 Å². The average molecular weight is 467 g/mol. The van der Waals surface area contributed by atoms with Gasteiger partial charge in [-0.3, -0.25) is 4.79 Å². The third-order valence-corrected chi connectivity index (χ3v) is 6.03. The van der Waals surface area contributed by atoms with E-state index in [4.69, 9.17) is 4.74 Å². The summed E-state index contributed by atoms with van der Waals surface area (Å²) >= 11 is 0. The van der Waals surface area contributed by atoms with Gasteiger partial charge in [-0.05, 0) is 68.7 Å². The highest BCUT2D eigenvalue weighted by Crippen LogP contribution is 2.29. The fourth-order valence-electron chi connectivity index (χ4n) is 4.09. The molecule has 2 unspecified atom stereocenters. The van der Waals surface area contributed by atoms with Crippen LogP contribution in [0.5, 0.6) is 0 Å². The van der Waals surface area contributed by atoms with E-state index in [1.165, 1.54) is 0 Å². The number of carbonyl (C=O) groups excluding carboxylic acids is 1. The summed E-state index contributed by atoms with van der Waals surface area (Å²) in [5.41, 5.74) is 3.88. The van der Waals surface area contributed by atoms with Gasteiger partial charge in [0.05, 0.1) is 6.42 Å². The molecule has 182 valence electrons. The molecule has 2 rings (SSSR count). The average Bonchev–Trinajstić information content (AvgIpc) is 2.76. The smallest absolute Gasteiger partial charge is 0.331 e. The molecule has 1 aliphatic carbocycles. The van der Waals surface area contributed by atoms with E-state index in [0.717, 1.165) is 28.7 Å². The molecule has 34 heavy (non-hydrogen) atoms. The van der Waals surface area contributed by atoms with Crippen molar-refractivity contribution in [1.82, 2.24) is 0 Å². The number of aryl methyl sites for hydroxylation is 1. The number of carboxylic acid groups (broad SMARTS) is 2. The molecule has 0 amide bonds. The molecule has 0 aliphatic heterocycles. The molecular weight excluding hydrogens is 432 g/mol. The van der Waals surface area contributed by atoms with E-state index in [1.54, 1.807) is 12.2 Å². The van der Waals surface area contributed by atoms with Gasteiger partial charge in [0.1, 0.15) is 6.10 Å². The number of hydrogen-bond acceptors (Lipinski definition) is 4. The Morgan fingerprint density at radius 3 is 2.56 bits per heavy atom. The standard InChI is InChI=1S/C28H34O6/c1-5-6-13-23-19(3)10-8-12-22(23)17-26(29)34-25-16-18(2)9-7-11-21(28(32)33)14-15-24(25)20(4)27(30)31/h6,8,10-13,16,24-25H,4-5,7,9,14-15,17H2,1-3H3,(H,30,31)(H,32,33)/b13-6-,18-16+,21-11-. The van der Waals surface area contributed by atoms with Gasteiger partial charge in [-0.1, -0.05) is 55.5 Å². The monoisotopic (exact) mass is 466 g/mol. The van der Waals surface area contributed by atoms with Crippen molar-refractivity contribution in [2.75, 3.05) is 0 Å². The highest BCUT2D eigenvalue weighted by Gasteiger charge is 2.30. The molecular formula is C28H34O6. The zero-order chi connectivity index (χ0) is 25.3. The maximum atomic E-state index is 13.0. The molecule has 1 aliphatic rings. The van der Waals surface area contributed by atoms with E-state index in [9.17, 15) is 24.6 Å². The lowest BCUT2D eigenvalue weighted by atomic mass is 9.85. The van der Waals surface area contributed by atoms with E-state index in [0.29, 0.717) is 12.8 Å². The normalized spacial score (nSPS) is 22.2. The fourth-order valence-corrected chi connectivity index (χ4v) is 4.09. The minimum Gasteiger partial charge on any atom is -0.478 e. The first-order valence-electron chi connectivity index (χ1n) is 11.6. The van der Waals surface area contributed by atoms with E-state index in [1.807, 2.05) is 51.1 Å². The quantitative estimate of drug-likeness (QED) is 0.291. The van der Waals surface area contributed by atoms with Gasteiger partial charge in [0, 0.05) is 17.1 Å². The molecule has 0 aromatic heterocycles. The Bertz CT molecular complexity index is 1030. The molecule has 0 spiro atoms. The molecule has 2 N–H and O–H groups in total. The summed E-state index contributed by atoms with van der Waals surface area (Å²) in [6, 6.07) is 5.76. The molecule has 6 nitrogen and oxygen atoms in total. The van der Waals surface area contributed by atoms with Crippen molar-refractivity contribution in [3.05, 3.63) is 76.4 Å². The van der Waals surface area contributed by atoms with Crippen molar-refractivity contribution in [2.24, 2.45) is 5.92 Å². The van der Waals surface area contributed by atoms with Crippen LogP contribution in [0.15, 0.2) is 59.7 Å². The van der Waals surface area contributed by atoms with Crippen LogP contribution in [-0.2, 0) is 25.5 Å². The second-order valence-electron chi connectivity index (χ2n) is 8.65. The van der Waals surface area contributed by atoms with Crippen LogP contribution in [0.4, 0.5) is 0 Å². The van der Waals surface area contributed by atoms with Crippen molar-refractivity contribution in [1.29, 1.82) is 0 Å². The van der Waals surface area contributed by atoms with Crippen LogP contribution in [0, 0.1) is 12.8 Å². The molecule has 1 aromatic carbocycles. The first-order chi connectivity index (χ1) is 16.1. The Hall–Kier alpha value is -3.41. The van der Waals surface area contributed by atoms with Crippen LogP contribution in [0.2, 0.25) is 0 Å². The second-order valence-corrected chi connectivity index (χ2v) is 8.65. The minimum absolute atomic E-state index is 0.0427. The minimum atomic E-state index is -1.19. The van der Waals surface area contributed by atoms with Crippen LogP contribution in [-0.4, -0.2) is 34.2 Å². The lowest BCUT2D eigenvalue weighted by molar-refractivity contribution is -0.149. The maximum Gasteiger partial charge on any atom is 0.331 e. The molecule has 0 bridgehead atoms. The van der Waals surface area contributed by atoms with Gasteiger partial charge in [-0.25, -0.2) is 9.59 Å². The third-order valence-electron chi connectivity index (χ3n) is 6.03. The predicted molar refractivity (Wildman–Crippen MR) is 132 cm³/mol. The van der Waals surface area contributed by atoms with Crippen molar-refractivity contribution in [2.45, 2.75) is 65.4 Å². The fraction of sp³-hybridized carbons (Fsp3) is 0.393. The van der Waals surface area contributed by atoms with E-state index in [-0.39, 0.29) is 30.4 Å². The van der Waals surface area contributed by atoms with E-state index in [2.05, 4.69) is 6.58 Å². The highest BCUT2D eigenvalue weighted by molar-refractivity contribution is 5.88. The number of benzene rings is 1. The molecule has 0 radical (unpaired) electrons. The first kappa shape index (κ1) is 26.8. The summed E-state index contributed by atoms with van der Waals surface area (Å²) in [4.78, 5) is 36.4. The zero-order valence-electron chi connectivity index (χ0n) is 20.2. The van der Waals surface area contributed by atoms with Gasteiger partial charge in [-0.15, -0.1) is 0 Å². The van der Waals surface area contributed by atoms with Gasteiger partial charge < -0.3 is 14.9 Å². The highest BCUT2D eigenvalue weighted by atomic mass is 16.5. The summed E-state index contributed by atoms with van der Waals surface area (Å²) in [6.45, 7) is 9.59. The number of ether oxygens (including phenoxy) is 1. The number of rotatable bonds is 8. The number of aliphatic carboxylic acids is 2. The molecule has 0 fully saturated rings. The molecule has 1 aromatic rings. The lowest BCUT2D eigenvalue weighted by Crippen LogP contribution is -2.30. The summed E-state index contributed by atoms with van der Waals surface area (Å²) in [5.74, 6) is -3.43. The van der Waals surface area contributed by atoms with E-state index >= 15 is 0 Å². The molecule has 6 heteroatoms. The van der Waals surface area contributed by atoms with Gasteiger partial charge in [0.2, 0.25) is 0 Å². The van der Waals surface area contributed by atoms with Crippen molar-refractivity contribution >= 4 is 24.0 Å². The topological polar surface area (TPSA) is 101 Å². The second kappa shape index (κ2) is 12.7. The Morgan fingerprint density at radius 2 is 1.91 bits per heavy atom. The molecule has 0 saturated carbocycles. The first-order valence-corrected chi connectivity index (χ1v) is 11.6. The Morgan fingerprint density at radius 1 is 1.18 bits per heavy atom. The zero-order valence-corrected chi connectivity index (χ0v) is 20.2. The van der Waals surface area contributed by atoms with Crippen LogP contribution in [0.3, 0.4) is 0 Å². The molecule has 0 heterocycles. The Kier molecular flexibility index (Phi) is 10.0. The Balaban J connectivity index is 2.35. The van der Waals surface area contributed by atoms with Gasteiger partial charge >= 0.3 is 17.9 Å². The summed E-state index contributed by atoms with van der Waals surface area (Å²) < 4.78 is 5.85. The Labute approximate surface area is 201 Å². The van der Waals surface area contributed by atoms with Gasteiger partial charge in [0.25, 0.3) is 0 Å². The summed E-state index contributed by atoms with van der Waals surface area (Å²) in [7, 11) is 0. The summed E-state index contributed by atoms with van der Waals surface area (Å²) in [6.07, 6.45) is 9.05. The SMILES string of the molecule is C=C(C(=O)O)C1CC/C(C(=O)O)=C/CC/C(C)=C/C1OC(=O)Cc1cccc(C)c1/C=C\CC. The number of allylic oxidation sites excluding steroid dienone is 3. The van der Waals surface area contributed by atoms with Crippen molar-refractivity contribution < 1.29 is 29.3 Å². The number of carboxylic acids is 2. The number of carbonyl (C=O) groups is 3. The summed E-state index contributed by atoms with van der Waals surface area (Å²) in [5, 5.41) is 19.1. The number of esters is 1. The van der Waals surface area contributed by atoms with E-state index < -0.39 is 29.9 Å². The molecule has 2 atom stereocenters. The predicted octanol–water partition coefficient (Wildman–Crippen LogP) is 5.66. The van der Waals surface area contributed by atoms with Crippen LogP contribution >= 0.6 is 0 Å². The van der Waals surface area contributed by atoms with Crippen molar-refractivity contribution in [3.8, 4) is 0 Å². The lowest BCUT2D eigenvalue weighted by Gasteiger charge is -2.27. The maximum absolute atomic E-state index is 13.0. The number of hydrogen-bond donors (Lipinski definition) is 2. The van der Waals surface area contributed by atoms with Crippen molar-refractivity contribution in [3.63, 3.8) is 0 Å². The molecule has 0 saturated heterocycles. The van der Waals surface area contributed by atoms with Gasteiger partial charge in [0.15, 0.2) is 0 Å². The van der Waals surface area contributed by atoms with Crippen LogP contribution in [0.25, 0.3) is 6.08 Å². The largest absolute Gasteiger partial charge is 0.478 e. The van der Waals surface area contributed by atoms with Gasteiger partial charge in [-0.2, -0.15) is 0 Å². The third kappa shape index (κ3) is 7.58.